The lowest BCUT2D eigenvalue weighted by Crippen LogP contribution is -2.36. The molecule has 19 heavy (non-hydrogen) atoms. The van der Waals surface area contributed by atoms with E-state index >= 15 is 0 Å². The molecule has 3 nitrogen and oxygen atoms in total. The average molecular weight is 325 g/mol. The summed E-state index contributed by atoms with van der Waals surface area (Å²) in [4.78, 5) is 12.2. The molecule has 0 spiro atoms. The van der Waals surface area contributed by atoms with Gasteiger partial charge in [-0.15, -0.1) is 0 Å². The van der Waals surface area contributed by atoms with Crippen molar-refractivity contribution in [3.63, 3.8) is 0 Å². The van der Waals surface area contributed by atoms with Gasteiger partial charge < -0.3 is 11.1 Å². The largest absolute Gasteiger partial charge is 0.330 e. The van der Waals surface area contributed by atoms with Crippen molar-refractivity contribution in [2.75, 3.05) is 11.9 Å². The molecule has 0 atom stereocenters. The number of carbonyl (C=O) groups is 1. The maximum Gasteiger partial charge on any atom is 0.224 e. The van der Waals surface area contributed by atoms with E-state index < -0.39 is 0 Å². The molecular weight excluding hydrogens is 304 g/mol. The van der Waals surface area contributed by atoms with Crippen molar-refractivity contribution in [3.05, 3.63) is 28.7 Å². The van der Waals surface area contributed by atoms with Gasteiger partial charge in [-0.1, -0.05) is 41.3 Å². The van der Waals surface area contributed by atoms with Crippen LogP contribution in [0.1, 0.15) is 38.5 Å². The summed E-state index contributed by atoms with van der Waals surface area (Å²) in [5, 5.41) is 2.96. The highest BCUT2D eigenvalue weighted by atomic mass is 79.9. The van der Waals surface area contributed by atoms with Gasteiger partial charge in [0.15, 0.2) is 0 Å². The SMILES string of the molecule is NCC1(CC(=O)Nc2cccc(Br)c2)CCCCC1. The molecule has 0 radical (unpaired) electrons. The first-order valence-corrected chi connectivity index (χ1v) is 7.68. The first-order valence-electron chi connectivity index (χ1n) is 6.89. The van der Waals surface area contributed by atoms with Gasteiger partial charge in [-0.05, 0) is 43.0 Å². The number of amides is 1. The fourth-order valence-electron chi connectivity index (χ4n) is 2.87. The number of anilines is 1. The van der Waals surface area contributed by atoms with Gasteiger partial charge in [-0.2, -0.15) is 0 Å². The molecule has 0 bridgehead atoms. The molecule has 1 aromatic rings. The van der Waals surface area contributed by atoms with Gasteiger partial charge in [0.2, 0.25) is 5.91 Å². The summed E-state index contributed by atoms with van der Waals surface area (Å²) in [6.45, 7) is 0.610. The van der Waals surface area contributed by atoms with Gasteiger partial charge in [0.1, 0.15) is 0 Å². The third kappa shape index (κ3) is 4.05. The molecule has 0 heterocycles. The third-order valence-electron chi connectivity index (χ3n) is 3.99. The van der Waals surface area contributed by atoms with Crippen LogP contribution in [0.3, 0.4) is 0 Å². The number of halogens is 1. The summed E-state index contributed by atoms with van der Waals surface area (Å²) in [6, 6.07) is 7.67. The van der Waals surface area contributed by atoms with Gasteiger partial charge in [-0.25, -0.2) is 0 Å². The highest BCUT2D eigenvalue weighted by Gasteiger charge is 2.32. The lowest BCUT2D eigenvalue weighted by atomic mass is 9.71. The second kappa shape index (κ2) is 6.53. The molecular formula is C15H21BrN2O. The number of benzene rings is 1. The first-order chi connectivity index (χ1) is 9.13. The van der Waals surface area contributed by atoms with E-state index in [-0.39, 0.29) is 11.3 Å². The summed E-state index contributed by atoms with van der Waals surface area (Å²) in [7, 11) is 0. The van der Waals surface area contributed by atoms with Crippen molar-refractivity contribution in [3.8, 4) is 0 Å². The van der Waals surface area contributed by atoms with E-state index in [9.17, 15) is 4.79 Å². The van der Waals surface area contributed by atoms with Crippen LogP contribution in [0.4, 0.5) is 5.69 Å². The van der Waals surface area contributed by atoms with Crippen molar-refractivity contribution in [2.24, 2.45) is 11.1 Å². The second-order valence-corrected chi connectivity index (χ2v) is 6.42. The Morgan fingerprint density at radius 2 is 2.05 bits per heavy atom. The maximum absolute atomic E-state index is 12.2. The van der Waals surface area contributed by atoms with E-state index in [2.05, 4.69) is 21.2 Å². The number of hydrogen-bond donors (Lipinski definition) is 2. The molecule has 1 saturated carbocycles. The Balaban J connectivity index is 1.96. The van der Waals surface area contributed by atoms with Crippen molar-refractivity contribution in [2.45, 2.75) is 38.5 Å². The van der Waals surface area contributed by atoms with E-state index in [1.165, 1.54) is 19.3 Å². The molecule has 2 rings (SSSR count). The fraction of sp³-hybridized carbons (Fsp3) is 0.533. The van der Waals surface area contributed by atoms with E-state index in [1.54, 1.807) is 0 Å². The zero-order valence-electron chi connectivity index (χ0n) is 11.1. The Kier molecular flexibility index (Phi) is 4.99. The van der Waals surface area contributed by atoms with Gasteiger partial charge in [0.25, 0.3) is 0 Å². The van der Waals surface area contributed by atoms with Crippen LogP contribution < -0.4 is 11.1 Å². The predicted molar refractivity (Wildman–Crippen MR) is 82.0 cm³/mol. The van der Waals surface area contributed by atoms with Crippen LogP contribution in [0.5, 0.6) is 0 Å². The molecule has 104 valence electrons. The minimum atomic E-state index is 0.0222. The number of nitrogens with one attached hydrogen (secondary N) is 1. The fourth-order valence-corrected chi connectivity index (χ4v) is 3.27. The van der Waals surface area contributed by atoms with E-state index in [4.69, 9.17) is 5.73 Å². The summed E-state index contributed by atoms with van der Waals surface area (Å²) >= 11 is 3.40. The van der Waals surface area contributed by atoms with Gasteiger partial charge in [-0.3, -0.25) is 4.79 Å². The van der Waals surface area contributed by atoms with E-state index in [0.29, 0.717) is 13.0 Å². The molecule has 1 fully saturated rings. The Morgan fingerprint density at radius 3 is 2.68 bits per heavy atom. The Hall–Kier alpha value is -0.870. The highest BCUT2D eigenvalue weighted by molar-refractivity contribution is 9.10. The average Bonchev–Trinajstić information content (AvgIpc) is 2.39. The Bertz CT molecular complexity index is 442. The maximum atomic E-state index is 12.2. The number of nitrogens with two attached hydrogens (primary N) is 1. The van der Waals surface area contributed by atoms with E-state index in [0.717, 1.165) is 23.0 Å². The molecule has 0 saturated heterocycles. The molecule has 1 aliphatic rings. The zero-order valence-corrected chi connectivity index (χ0v) is 12.7. The Labute approximate surface area is 123 Å². The van der Waals surface area contributed by atoms with Crippen LogP contribution in [0.15, 0.2) is 28.7 Å². The van der Waals surface area contributed by atoms with Crippen LogP contribution >= 0.6 is 15.9 Å². The topological polar surface area (TPSA) is 55.1 Å². The lowest BCUT2D eigenvalue weighted by molar-refractivity contribution is -0.118. The van der Waals surface area contributed by atoms with Gasteiger partial charge in [0.05, 0.1) is 0 Å². The van der Waals surface area contributed by atoms with Crippen molar-refractivity contribution in [1.29, 1.82) is 0 Å². The summed E-state index contributed by atoms with van der Waals surface area (Å²) < 4.78 is 0.969. The van der Waals surface area contributed by atoms with Crippen LogP contribution in [-0.2, 0) is 4.79 Å². The normalized spacial score (nSPS) is 18.0. The summed E-state index contributed by atoms with van der Waals surface area (Å²) in [6.07, 6.45) is 6.36. The molecule has 1 aliphatic carbocycles. The molecule has 1 amide bonds. The smallest absolute Gasteiger partial charge is 0.224 e. The summed E-state index contributed by atoms with van der Waals surface area (Å²) in [5.41, 5.74) is 6.77. The molecule has 0 aliphatic heterocycles. The minimum absolute atomic E-state index is 0.0222. The highest BCUT2D eigenvalue weighted by Crippen LogP contribution is 2.38. The third-order valence-corrected chi connectivity index (χ3v) is 4.48. The molecule has 1 aromatic carbocycles. The monoisotopic (exact) mass is 324 g/mol. The lowest BCUT2D eigenvalue weighted by Gasteiger charge is -2.35. The quantitative estimate of drug-likeness (QED) is 0.887. The zero-order chi connectivity index (χ0) is 13.7. The minimum Gasteiger partial charge on any atom is -0.330 e. The van der Waals surface area contributed by atoms with Crippen LogP contribution in [0.25, 0.3) is 0 Å². The Morgan fingerprint density at radius 1 is 1.32 bits per heavy atom. The first kappa shape index (κ1) is 14.5. The van der Waals surface area contributed by atoms with E-state index in [1.807, 2.05) is 24.3 Å². The van der Waals surface area contributed by atoms with Crippen LogP contribution in [0.2, 0.25) is 0 Å². The number of rotatable bonds is 4. The van der Waals surface area contributed by atoms with Crippen molar-refractivity contribution < 1.29 is 4.79 Å². The van der Waals surface area contributed by atoms with Gasteiger partial charge in [0, 0.05) is 16.6 Å². The van der Waals surface area contributed by atoms with Crippen LogP contribution in [-0.4, -0.2) is 12.5 Å². The van der Waals surface area contributed by atoms with Crippen molar-refractivity contribution in [1.82, 2.24) is 0 Å². The van der Waals surface area contributed by atoms with Crippen molar-refractivity contribution >= 4 is 27.5 Å². The van der Waals surface area contributed by atoms with Crippen LogP contribution in [0, 0.1) is 5.41 Å². The predicted octanol–water partition coefficient (Wildman–Crippen LogP) is 3.69. The number of hydrogen-bond acceptors (Lipinski definition) is 2. The molecule has 4 heteroatoms. The van der Waals surface area contributed by atoms with Gasteiger partial charge >= 0.3 is 0 Å². The molecule has 0 unspecified atom stereocenters. The number of carbonyl (C=O) groups excluding carboxylic acids is 1. The summed E-state index contributed by atoms with van der Waals surface area (Å²) in [5.74, 6) is 0.0745. The second-order valence-electron chi connectivity index (χ2n) is 5.50. The standard InChI is InChI=1S/C15H21BrN2O/c16-12-5-4-6-13(9-12)18-14(19)10-15(11-17)7-2-1-3-8-15/h4-6,9H,1-3,7-8,10-11,17H2,(H,18,19). The molecule has 0 aromatic heterocycles. The molecule has 3 N–H and O–H groups in total.